The number of carbonyl (C=O) groups is 1. The van der Waals surface area contributed by atoms with Crippen molar-refractivity contribution in [2.24, 2.45) is 15.9 Å². The number of rotatable bonds is 3. The van der Waals surface area contributed by atoms with Crippen LogP contribution < -0.4 is 5.84 Å². The van der Waals surface area contributed by atoms with Crippen LogP contribution in [0, 0.1) is 0 Å². The third-order valence-electron chi connectivity index (χ3n) is 4.36. The molecular formula is C16H28BrN5O2. The van der Waals surface area contributed by atoms with Gasteiger partial charge in [-0.2, -0.15) is 5.10 Å². The third-order valence-corrected chi connectivity index (χ3v) is 5.14. The summed E-state index contributed by atoms with van der Waals surface area (Å²) in [7, 11) is 0. The summed E-state index contributed by atoms with van der Waals surface area (Å²) in [4.78, 5) is 21.0. The molecule has 0 bridgehead atoms. The number of amides is 1. The number of ether oxygens (including phenoxy) is 1. The fourth-order valence-electron chi connectivity index (χ4n) is 2.98. The molecule has 1 saturated heterocycles. The van der Waals surface area contributed by atoms with Gasteiger partial charge >= 0.3 is 6.09 Å². The molecular weight excluding hydrogens is 374 g/mol. The van der Waals surface area contributed by atoms with Crippen LogP contribution in [0.2, 0.25) is 0 Å². The van der Waals surface area contributed by atoms with Crippen molar-refractivity contribution >= 4 is 32.4 Å². The van der Waals surface area contributed by atoms with Crippen molar-refractivity contribution in [2.45, 2.75) is 58.2 Å². The monoisotopic (exact) mass is 401 g/mol. The van der Waals surface area contributed by atoms with E-state index in [1.807, 2.05) is 27.7 Å². The van der Waals surface area contributed by atoms with Crippen molar-refractivity contribution in [2.75, 3.05) is 26.2 Å². The van der Waals surface area contributed by atoms with E-state index in [0.29, 0.717) is 16.7 Å². The van der Waals surface area contributed by atoms with E-state index in [-0.39, 0.29) is 6.09 Å². The number of piperazine rings is 1. The van der Waals surface area contributed by atoms with Crippen molar-refractivity contribution in [3.8, 4) is 0 Å². The first-order valence-corrected chi connectivity index (χ1v) is 9.19. The SMILES string of the molecule is CC(=NC1CC(N2CCN(C(=O)OC(C)(C)C)CC2)C1)/C(Br)=N\N. The first kappa shape index (κ1) is 19.2. The topological polar surface area (TPSA) is 83.5 Å². The second kappa shape index (κ2) is 7.82. The highest BCUT2D eigenvalue weighted by Gasteiger charge is 2.36. The Labute approximate surface area is 152 Å². The zero-order valence-corrected chi connectivity index (χ0v) is 16.5. The Morgan fingerprint density at radius 3 is 2.29 bits per heavy atom. The van der Waals surface area contributed by atoms with Gasteiger partial charge in [-0.25, -0.2) is 4.79 Å². The molecule has 0 aromatic rings. The molecule has 2 rings (SSSR count). The van der Waals surface area contributed by atoms with Gasteiger partial charge in [-0.15, -0.1) is 0 Å². The van der Waals surface area contributed by atoms with E-state index in [0.717, 1.165) is 44.7 Å². The molecule has 24 heavy (non-hydrogen) atoms. The minimum Gasteiger partial charge on any atom is -0.444 e. The summed E-state index contributed by atoms with van der Waals surface area (Å²) in [6, 6.07) is 0.897. The Kier molecular flexibility index (Phi) is 6.25. The van der Waals surface area contributed by atoms with Crippen molar-refractivity contribution in [1.29, 1.82) is 0 Å². The van der Waals surface area contributed by atoms with Crippen LogP contribution in [0.5, 0.6) is 0 Å². The summed E-state index contributed by atoms with van der Waals surface area (Å²) in [6.45, 7) is 10.8. The molecule has 2 N–H and O–H groups in total. The Morgan fingerprint density at radius 1 is 1.21 bits per heavy atom. The molecule has 7 nitrogen and oxygen atoms in total. The number of aliphatic imine (C=N–C) groups is 1. The molecule has 0 aromatic heterocycles. The van der Waals surface area contributed by atoms with Gasteiger partial charge < -0.3 is 15.5 Å². The molecule has 0 atom stereocenters. The molecule has 0 unspecified atom stereocenters. The van der Waals surface area contributed by atoms with E-state index in [4.69, 9.17) is 10.6 Å². The highest BCUT2D eigenvalue weighted by Crippen LogP contribution is 2.29. The van der Waals surface area contributed by atoms with Crippen molar-refractivity contribution in [3.05, 3.63) is 0 Å². The van der Waals surface area contributed by atoms with E-state index in [2.05, 4.69) is 30.9 Å². The molecule has 0 aromatic carbocycles. The first-order valence-electron chi connectivity index (χ1n) is 8.39. The van der Waals surface area contributed by atoms with Crippen molar-refractivity contribution < 1.29 is 9.53 Å². The average molecular weight is 402 g/mol. The summed E-state index contributed by atoms with van der Waals surface area (Å²) in [5.41, 5.74) is 0.405. The summed E-state index contributed by atoms with van der Waals surface area (Å²) in [6.07, 6.45) is 1.89. The van der Waals surface area contributed by atoms with Crippen molar-refractivity contribution in [3.63, 3.8) is 0 Å². The number of hydrogen-bond donors (Lipinski definition) is 1. The number of hydrazone groups is 1. The molecule has 0 spiro atoms. The van der Waals surface area contributed by atoms with E-state index in [1.54, 1.807) is 4.90 Å². The van der Waals surface area contributed by atoms with Crippen LogP contribution in [0.4, 0.5) is 4.79 Å². The molecule has 1 saturated carbocycles. The number of nitrogens with zero attached hydrogens (tertiary/aromatic N) is 4. The minimum absolute atomic E-state index is 0.209. The van der Waals surface area contributed by atoms with Crippen LogP contribution >= 0.6 is 15.9 Å². The molecule has 2 fully saturated rings. The van der Waals surface area contributed by atoms with Gasteiger partial charge in [0.25, 0.3) is 0 Å². The van der Waals surface area contributed by atoms with Crippen LogP contribution in [0.1, 0.15) is 40.5 Å². The number of halogens is 1. The molecule has 2 aliphatic rings. The van der Waals surface area contributed by atoms with Gasteiger partial charge in [0, 0.05) is 32.2 Å². The number of nitrogens with two attached hydrogens (primary N) is 1. The van der Waals surface area contributed by atoms with Gasteiger partial charge in [0.1, 0.15) is 10.2 Å². The highest BCUT2D eigenvalue weighted by molar-refractivity contribution is 9.19. The summed E-state index contributed by atoms with van der Waals surface area (Å²) >= 11 is 3.29. The second-order valence-corrected chi connectivity index (χ2v) is 8.17. The molecule has 1 aliphatic carbocycles. The van der Waals surface area contributed by atoms with Gasteiger partial charge in [-0.1, -0.05) is 0 Å². The third kappa shape index (κ3) is 5.17. The smallest absolute Gasteiger partial charge is 0.410 e. The Balaban J connectivity index is 1.74. The zero-order chi connectivity index (χ0) is 17.9. The van der Waals surface area contributed by atoms with Crippen LogP contribution in [0.15, 0.2) is 10.1 Å². The average Bonchev–Trinajstić information content (AvgIpc) is 2.47. The lowest BCUT2D eigenvalue weighted by Crippen LogP contribution is -2.56. The minimum atomic E-state index is -0.438. The number of carbonyl (C=O) groups excluding carboxylic acids is 1. The molecule has 1 aliphatic heterocycles. The van der Waals surface area contributed by atoms with Crippen molar-refractivity contribution in [1.82, 2.24) is 9.80 Å². The molecule has 1 heterocycles. The standard InChI is InChI=1S/C16H28BrN5O2/c1-11(14(17)20-18)19-12-9-13(10-12)21-5-7-22(8-6-21)15(23)24-16(2,3)4/h12-13H,5-10,18H2,1-4H3/b19-11?,20-14+. The predicted octanol–water partition coefficient (Wildman–Crippen LogP) is 2.20. The zero-order valence-electron chi connectivity index (χ0n) is 15.0. The maximum Gasteiger partial charge on any atom is 0.410 e. The molecule has 8 heteroatoms. The van der Waals surface area contributed by atoms with Gasteiger partial charge in [0.2, 0.25) is 0 Å². The Bertz CT molecular complexity index is 515. The molecule has 1 amide bonds. The largest absolute Gasteiger partial charge is 0.444 e. The fraction of sp³-hybridized carbons (Fsp3) is 0.812. The summed E-state index contributed by atoms with van der Waals surface area (Å²) in [5.74, 6) is 5.24. The number of hydrogen-bond acceptors (Lipinski definition) is 6. The second-order valence-electron chi connectivity index (χ2n) is 7.42. The van der Waals surface area contributed by atoms with E-state index >= 15 is 0 Å². The normalized spacial score (nSPS) is 27.0. The van der Waals surface area contributed by atoms with E-state index < -0.39 is 5.60 Å². The van der Waals surface area contributed by atoms with E-state index in [9.17, 15) is 4.79 Å². The molecule has 136 valence electrons. The lowest BCUT2D eigenvalue weighted by atomic mass is 9.85. The first-order chi connectivity index (χ1) is 11.2. The maximum absolute atomic E-state index is 12.1. The fourth-order valence-corrected chi connectivity index (χ4v) is 3.08. The maximum atomic E-state index is 12.1. The summed E-state index contributed by atoms with van der Waals surface area (Å²) in [5, 5.41) is 3.60. The van der Waals surface area contributed by atoms with Gasteiger partial charge in [0.15, 0.2) is 0 Å². The lowest BCUT2D eigenvalue weighted by molar-refractivity contribution is 0.00337. The van der Waals surface area contributed by atoms with Crippen LogP contribution in [0.3, 0.4) is 0 Å². The predicted molar refractivity (Wildman–Crippen MR) is 99.8 cm³/mol. The van der Waals surface area contributed by atoms with Gasteiger partial charge in [-0.05, 0) is 56.5 Å². The Morgan fingerprint density at radius 2 is 1.79 bits per heavy atom. The highest BCUT2D eigenvalue weighted by atomic mass is 79.9. The summed E-state index contributed by atoms with van der Waals surface area (Å²) < 4.78 is 6.04. The van der Waals surface area contributed by atoms with Crippen LogP contribution in [-0.2, 0) is 4.74 Å². The van der Waals surface area contributed by atoms with E-state index in [1.165, 1.54) is 0 Å². The lowest BCUT2D eigenvalue weighted by Gasteiger charge is -2.45. The van der Waals surface area contributed by atoms with Gasteiger partial charge in [-0.3, -0.25) is 9.89 Å². The van der Waals surface area contributed by atoms with Gasteiger partial charge in [0.05, 0.1) is 11.8 Å². The van der Waals surface area contributed by atoms with Crippen LogP contribution in [0.25, 0.3) is 0 Å². The molecule has 0 radical (unpaired) electrons. The quantitative estimate of drug-likeness (QED) is 0.446. The Hall–Kier alpha value is -1.15. The van der Waals surface area contributed by atoms with Crippen LogP contribution in [-0.4, -0.2) is 70.1 Å².